The van der Waals surface area contributed by atoms with Gasteiger partial charge in [-0.1, -0.05) is 6.92 Å². The zero-order valence-corrected chi connectivity index (χ0v) is 8.10. The molecule has 0 aliphatic carbocycles. The SMILES string of the molecule is CNC(CSC(C)CO)C(=O)O. The molecule has 2 atom stereocenters. The van der Waals surface area contributed by atoms with Crippen LogP contribution in [-0.2, 0) is 4.79 Å². The molecule has 0 aromatic heterocycles. The summed E-state index contributed by atoms with van der Waals surface area (Å²) >= 11 is 1.44. The van der Waals surface area contributed by atoms with Crippen molar-refractivity contribution in [2.24, 2.45) is 0 Å². The molecule has 0 aliphatic heterocycles. The summed E-state index contributed by atoms with van der Waals surface area (Å²) in [5.41, 5.74) is 0. The van der Waals surface area contributed by atoms with Gasteiger partial charge in [0.2, 0.25) is 0 Å². The van der Waals surface area contributed by atoms with Gasteiger partial charge in [0.05, 0.1) is 6.61 Å². The highest BCUT2D eigenvalue weighted by Crippen LogP contribution is 2.10. The second-order valence-electron chi connectivity index (χ2n) is 2.51. The molecule has 0 heterocycles. The Morgan fingerprint density at radius 3 is 2.58 bits per heavy atom. The van der Waals surface area contributed by atoms with Crippen LogP contribution in [0.25, 0.3) is 0 Å². The zero-order valence-electron chi connectivity index (χ0n) is 7.28. The van der Waals surface area contributed by atoms with E-state index in [4.69, 9.17) is 10.2 Å². The normalized spacial score (nSPS) is 15.6. The van der Waals surface area contributed by atoms with Gasteiger partial charge in [-0.05, 0) is 7.05 Å². The van der Waals surface area contributed by atoms with Gasteiger partial charge in [-0.25, -0.2) is 0 Å². The van der Waals surface area contributed by atoms with Crippen molar-refractivity contribution in [1.29, 1.82) is 0 Å². The Morgan fingerprint density at radius 1 is 1.67 bits per heavy atom. The second kappa shape index (κ2) is 6.28. The molecule has 4 nitrogen and oxygen atoms in total. The number of carboxylic acids is 1. The van der Waals surface area contributed by atoms with Crippen molar-refractivity contribution in [2.75, 3.05) is 19.4 Å². The predicted molar refractivity (Wildman–Crippen MR) is 49.5 cm³/mol. The summed E-state index contributed by atoms with van der Waals surface area (Å²) in [6.45, 7) is 1.94. The van der Waals surface area contributed by atoms with E-state index in [1.165, 1.54) is 11.8 Å². The molecule has 3 N–H and O–H groups in total. The lowest BCUT2D eigenvalue weighted by molar-refractivity contribution is -0.138. The summed E-state index contributed by atoms with van der Waals surface area (Å²) in [5.74, 6) is -0.372. The lowest BCUT2D eigenvalue weighted by Crippen LogP contribution is -2.36. The summed E-state index contributed by atoms with van der Waals surface area (Å²) in [6, 6.07) is -0.524. The molecule has 0 saturated carbocycles. The van der Waals surface area contributed by atoms with E-state index in [1.807, 2.05) is 6.92 Å². The van der Waals surface area contributed by atoms with E-state index in [2.05, 4.69) is 5.32 Å². The average Bonchev–Trinajstić information content (AvgIpc) is 2.04. The Labute approximate surface area is 76.4 Å². The molecule has 0 rings (SSSR count). The Bertz CT molecular complexity index is 143. The molecule has 12 heavy (non-hydrogen) atoms. The Morgan fingerprint density at radius 2 is 2.25 bits per heavy atom. The van der Waals surface area contributed by atoms with E-state index in [0.717, 1.165) is 0 Å². The number of rotatable bonds is 6. The molecule has 0 fully saturated rings. The Hall–Kier alpha value is -0.260. The predicted octanol–water partition coefficient (Wildman–Crippen LogP) is -0.227. The summed E-state index contributed by atoms with van der Waals surface area (Å²) in [6.07, 6.45) is 0. The van der Waals surface area contributed by atoms with Crippen LogP contribution in [0.15, 0.2) is 0 Å². The van der Waals surface area contributed by atoms with E-state index in [9.17, 15) is 4.79 Å². The van der Waals surface area contributed by atoms with Crippen LogP contribution in [0.4, 0.5) is 0 Å². The third-order valence-corrected chi connectivity index (χ3v) is 2.69. The van der Waals surface area contributed by atoms with Crippen molar-refractivity contribution in [3.05, 3.63) is 0 Å². The standard InChI is InChI=1S/C7H15NO3S/c1-5(3-9)12-4-6(8-2)7(10)11/h5-6,8-9H,3-4H2,1-2H3,(H,10,11). The largest absolute Gasteiger partial charge is 0.480 e. The molecular formula is C7H15NO3S. The molecule has 0 saturated heterocycles. The van der Waals surface area contributed by atoms with Crippen LogP contribution in [0.3, 0.4) is 0 Å². The van der Waals surface area contributed by atoms with Crippen molar-refractivity contribution in [3.8, 4) is 0 Å². The Balaban J connectivity index is 3.65. The maximum atomic E-state index is 10.5. The summed E-state index contributed by atoms with van der Waals surface area (Å²) in [7, 11) is 1.61. The first kappa shape index (κ1) is 11.7. The minimum Gasteiger partial charge on any atom is -0.480 e. The van der Waals surface area contributed by atoms with Gasteiger partial charge >= 0.3 is 5.97 Å². The lowest BCUT2D eigenvalue weighted by atomic mass is 10.3. The molecule has 0 bridgehead atoms. The fraction of sp³-hybridized carbons (Fsp3) is 0.857. The number of aliphatic carboxylic acids is 1. The molecule has 0 aromatic rings. The van der Waals surface area contributed by atoms with Crippen LogP contribution in [-0.4, -0.2) is 46.9 Å². The minimum atomic E-state index is -0.852. The topological polar surface area (TPSA) is 69.6 Å². The number of thioether (sulfide) groups is 1. The molecule has 0 spiro atoms. The molecule has 0 aromatic carbocycles. The molecule has 2 unspecified atom stereocenters. The fourth-order valence-corrected chi connectivity index (χ4v) is 1.53. The van der Waals surface area contributed by atoms with E-state index in [1.54, 1.807) is 7.05 Å². The molecular weight excluding hydrogens is 178 g/mol. The number of nitrogens with one attached hydrogen (secondary N) is 1. The van der Waals surface area contributed by atoms with Gasteiger partial charge in [-0.2, -0.15) is 11.8 Å². The zero-order chi connectivity index (χ0) is 9.56. The first-order valence-electron chi connectivity index (χ1n) is 3.74. The number of carboxylic acid groups (broad SMARTS) is 1. The van der Waals surface area contributed by atoms with Gasteiger partial charge in [0.1, 0.15) is 6.04 Å². The highest BCUT2D eigenvalue weighted by molar-refractivity contribution is 7.99. The number of aliphatic hydroxyl groups excluding tert-OH is 1. The maximum absolute atomic E-state index is 10.5. The second-order valence-corrected chi connectivity index (χ2v) is 3.98. The fourth-order valence-electron chi connectivity index (χ4n) is 0.591. The van der Waals surface area contributed by atoms with Crippen molar-refractivity contribution in [1.82, 2.24) is 5.32 Å². The van der Waals surface area contributed by atoms with Gasteiger partial charge in [-0.3, -0.25) is 4.79 Å². The van der Waals surface area contributed by atoms with Crippen LogP contribution >= 0.6 is 11.8 Å². The molecule has 0 amide bonds. The van der Waals surface area contributed by atoms with Crippen molar-refractivity contribution < 1.29 is 15.0 Å². The van der Waals surface area contributed by atoms with E-state index in [0.29, 0.717) is 5.75 Å². The number of aliphatic hydroxyl groups is 1. The Kier molecular flexibility index (Phi) is 6.14. The van der Waals surface area contributed by atoms with Gasteiger partial charge in [0.25, 0.3) is 0 Å². The lowest BCUT2D eigenvalue weighted by Gasteiger charge is -2.12. The van der Waals surface area contributed by atoms with Gasteiger partial charge in [-0.15, -0.1) is 0 Å². The third-order valence-electron chi connectivity index (χ3n) is 1.45. The molecule has 5 heteroatoms. The average molecular weight is 193 g/mol. The number of hydrogen-bond acceptors (Lipinski definition) is 4. The van der Waals surface area contributed by atoms with Crippen molar-refractivity contribution in [2.45, 2.75) is 18.2 Å². The van der Waals surface area contributed by atoms with Crippen LogP contribution in [0.2, 0.25) is 0 Å². The minimum absolute atomic E-state index is 0.0840. The third kappa shape index (κ3) is 4.58. The van der Waals surface area contributed by atoms with Gasteiger partial charge in [0, 0.05) is 11.0 Å². The first-order chi connectivity index (χ1) is 5.61. The summed E-state index contributed by atoms with van der Waals surface area (Å²) < 4.78 is 0. The molecule has 0 aliphatic rings. The van der Waals surface area contributed by atoms with E-state index >= 15 is 0 Å². The van der Waals surface area contributed by atoms with E-state index < -0.39 is 12.0 Å². The van der Waals surface area contributed by atoms with E-state index in [-0.39, 0.29) is 11.9 Å². The monoisotopic (exact) mass is 193 g/mol. The maximum Gasteiger partial charge on any atom is 0.321 e. The van der Waals surface area contributed by atoms with Crippen LogP contribution in [0, 0.1) is 0 Å². The van der Waals surface area contributed by atoms with Crippen LogP contribution < -0.4 is 5.32 Å². The van der Waals surface area contributed by atoms with Crippen molar-refractivity contribution >= 4 is 17.7 Å². The van der Waals surface area contributed by atoms with Crippen LogP contribution in [0.5, 0.6) is 0 Å². The highest BCUT2D eigenvalue weighted by Gasteiger charge is 2.15. The number of likely N-dealkylation sites (N-methyl/N-ethyl adjacent to an activating group) is 1. The number of hydrogen-bond donors (Lipinski definition) is 3. The number of carbonyl (C=O) groups is 1. The van der Waals surface area contributed by atoms with Gasteiger partial charge in [0.15, 0.2) is 0 Å². The molecule has 72 valence electrons. The van der Waals surface area contributed by atoms with Gasteiger partial charge < -0.3 is 15.5 Å². The first-order valence-corrected chi connectivity index (χ1v) is 4.79. The molecule has 0 radical (unpaired) electrons. The summed E-state index contributed by atoms with van der Waals surface area (Å²) in [4.78, 5) is 10.5. The van der Waals surface area contributed by atoms with Crippen molar-refractivity contribution in [3.63, 3.8) is 0 Å². The highest BCUT2D eigenvalue weighted by atomic mass is 32.2. The quantitative estimate of drug-likeness (QED) is 0.544. The smallest absolute Gasteiger partial charge is 0.321 e. The summed E-state index contributed by atoms with van der Waals surface area (Å²) in [5, 5.41) is 20.1. The van der Waals surface area contributed by atoms with Crippen LogP contribution in [0.1, 0.15) is 6.92 Å².